The van der Waals surface area contributed by atoms with Gasteiger partial charge in [-0.25, -0.2) is 4.79 Å². The Kier molecular flexibility index (Phi) is 21.6. The van der Waals surface area contributed by atoms with Crippen molar-refractivity contribution in [3.05, 3.63) is 12.2 Å². The molecule has 129 valence electrons. The van der Waals surface area contributed by atoms with E-state index in [4.69, 9.17) is 5.11 Å². The molecule has 0 unspecified atom stereocenters. The molecule has 0 spiro atoms. The van der Waals surface area contributed by atoms with E-state index in [1.807, 2.05) is 0 Å². The van der Waals surface area contributed by atoms with Crippen LogP contribution in [0.5, 0.6) is 0 Å². The van der Waals surface area contributed by atoms with Gasteiger partial charge in [-0.15, -0.1) is 0 Å². The molecular formula is C18H34CuO2. The molecule has 0 bridgehead atoms. The van der Waals surface area contributed by atoms with Crippen LogP contribution in [0.15, 0.2) is 12.2 Å². The largest absolute Gasteiger partial charge is 0.478 e. The molecule has 1 N–H and O–H groups in total. The predicted octanol–water partition coefficient (Wildman–Crippen LogP) is 6.11. The van der Waals surface area contributed by atoms with E-state index in [2.05, 4.69) is 6.92 Å². The third-order valence-electron chi connectivity index (χ3n) is 3.73. The van der Waals surface area contributed by atoms with Gasteiger partial charge in [0, 0.05) is 23.1 Å². The predicted molar refractivity (Wildman–Crippen MR) is 87.1 cm³/mol. The monoisotopic (exact) mass is 345 g/mol. The normalized spacial score (nSPS) is 10.7. The van der Waals surface area contributed by atoms with E-state index in [-0.39, 0.29) is 17.1 Å². The van der Waals surface area contributed by atoms with Crippen molar-refractivity contribution in [3.8, 4) is 0 Å². The first kappa shape index (κ1) is 23.0. The zero-order valence-electron chi connectivity index (χ0n) is 13.7. The molecule has 0 fully saturated rings. The Morgan fingerprint density at radius 1 is 0.762 bits per heavy atom. The van der Waals surface area contributed by atoms with E-state index >= 15 is 0 Å². The smallest absolute Gasteiger partial charge is 0.327 e. The molecule has 0 aromatic carbocycles. The summed E-state index contributed by atoms with van der Waals surface area (Å²) in [6, 6.07) is 0. The Labute approximate surface area is 142 Å². The molecule has 0 amide bonds. The summed E-state index contributed by atoms with van der Waals surface area (Å²) in [5.41, 5.74) is 0. The maximum absolute atomic E-state index is 10.2. The topological polar surface area (TPSA) is 37.3 Å². The van der Waals surface area contributed by atoms with Crippen molar-refractivity contribution in [2.45, 2.75) is 96.8 Å². The molecule has 0 atom stereocenters. The molecule has 0 aromatic rings. The van der Waals surface area contributed by atoms with Gasteiger partial charge in [-0.1, -0.05) is 90.0 Å². The van der Waals surface area contributed by atoms with Crippen LogP contribution in [0.3, 0.4) is 0 Å². The Hall–Kier alpha value is -0.271. The van der Waals surface area contributed by atoms with Crippen LogP contribution in [0, 0.1) is 0 Å². The number of hydrogen-bond acceptors (Lipinski definition) is 1. The number of carboxylic acid groups (broad SMARTS) is 1. The van der Waals surface area contributed by atoms with Crippen molar-refractivity contribution in [3.63, 3.8) is 0 Å². The van der Waals surface area contributed by atoms with Crippen LogP contribution >= 0.6 is 0 Å². The molecule has 0 saturated heterocycles. The fraction of sp³-hybridized carbons (Fsp3) is 0.833. The molecule has 0 aliphatic carbocycles. The third kappa shape index (κ3) is 22.2. The maximum Gasteiger partial charge on any atom is 0.327 e. The SMILES string of the molecule is CCCCCCCCCCCCCCCC=CC(=O)O.[Cu]. The summed E-state index contributed by atoms with van der Waals surface area (Å²) in [4.78, 5) is 10.2. The fourth-order valence-electron chi connectivity index (χ4n) is 2.46. The third-order valence-corrected chi connectivity index (χ3v) is 3.73. The van der Waals surface area contributed by atoms with E-state index in [1.165, 1.54) is 83.1 Å². The molecule has 1 radical (unpaired) electrons. The summed E-state index contributed by atoms with van der Waals surface area (Å²) >= 11 is 0. The Balaban J connectivity index is 0. The molecule has 3 heteroatoms. The molecule has 0 aromatic heterocycles. The Morgan fingerprint density at radius 2 is 1.14 bits per heavy atom. The summed E-state index contributed by atoms with van der Waals surface area (Å²) < 4.78 is 0. The zero-order valence-corrected chi connectivity index (χ0v) is 14.7. The van der Waals surface area contributed by atoms with E-state index in [0.29, 0.717) is 0 Å². The van der Waals surface area contributed by atoms with Gasteiger partial charge in [-0.05, 0) is 12.8 Å². The molecule has 0 heterocycles. The standard InChI is InChI=1S/C18H34O2.Cu/c1-2-3-4-5-6-7-8-9-10-11-12-13-14-15-16-17-18(19)20;/h16-17H,2-15H2,1H3,(H,19,20);. The van der Waals surface area contributed by atoms with Crippen molar-refractivity contribution >= 4 is 5.97 Å². The second-order valence-electron chi connectivity index (χ2n) is 5.77. The summed E-state index contributed by atoms with van der Waals surface area (Å²) in [5.74, 6) is -0.834. The van der Waals surface area contributed by atoms with E-state index in [0.717, 1.165) is 12.8 Å². The van der Waals surface area contributed by atoms with Crippen LogP contribution in [0.25, 0.3) is 0 Å². The first-order valence-electron chi connectivity index (χ1n) is 8.67. The molecule has 2 nitrogen and oxygen atoms in total. The van der Waals surface area contributed by atoms with Crippen LogP contribution in [0.4, 0.5) is 0 Å². The molecule has 0 saturated carbocycles. The average Bonchev–Trinajstić information content (AvgIpc) is 2.43. The van der Waals surface area contributed by atoms with Crippen molar-refractivity contribution < 1.29 is 27.0 Å². The van der Waals surface area contributed by atoms with Gasteiger partial charge in [-0.3, -0.25) is 0 Å². The number of rotatable bonds is 15. The number of unbranched alkanes of at least 4 members (excludes halogenated alkanes) is 13. The van der Waals surface area contributed by atoms with Crippen LogP contribution in [0.2, 0.25) is 0 Å². The van der Waals surface area contributed by atoms with Gasteiger partial charge >= 0.3 is 5.97 Å². The second-order valence-corrected chi connectivity index (χ2v) is 5.77. The van der Waals surface area contributed by atoms with E-state index < -0.39 is 5.97 Å². The van der Waals surface area contributed by atoms with Gasteiger partial charge in [0.1, 0.15) is 0 Å². The van der Waals surface area contributed by atoms with Gasteiger partial charge in [0.05, 0.1) is 0 Å². The van der Waals surface area contributed by atoms with E-state index in [1.54, 1.807) is 6.08 Å². The number of carboxylic acids is 1. The first-order valence-corrected chi connectivity index (χ1v) is 8.67. The van der Waals surface area contributed by atoms with Crippen LogP contribution in [0.1, 0.15) is 96.8 Å². The maximum atomic E-state index is 10.2. The van der Waals surface area contributed by atoms with Gasteiger partial charge in [0.2, 0.25) is 0 Å². The van der Waals surface area contributed by atoms with Crippen molar-refractivity contribution in [1.82, 2.24) is 0 Å². The van der Waals surface area contributed by atoms with Gasteiger partial charge in [0.25, 0.3) is 0 Å². The fourth-order valence-corrected chi connectivity index (χ4v) is 2.46. The van der Waals surface area contributed by atoms with Crippen LogP contribution < -0.4 is 0 Å². The summed E-state index contributed by atoms with van der Waals surface area (Å²) in [6.45, 7) is 2.27. The number of allylic oxidation sites excluding steroid dienone is 1. The average molecular weight is 346 g/mol. The molecule has 0 rings (SSSR count). The van der Waals surface area contributed by atoms with Crippen molar-refractivity contribution in [2.75, 3.05) is 0 Å². The Bertz CT molecular complexity index is 239. The van der Waals surface area contributed by atoms with Gasteiger partial charge in [0.15, 0.2) is 0 Å². The summed E-state index contributed by atoms with van der Waals surface area (Å²) in [5, 5.41) is 8.43. The quantitative estimate of drug-likeness (QED) is 0.221. The Morgan fingerprint density at radius 3 is 1.52 bits per heavy atom. The van der Waals surface area contributed by atoms with Gasteiger partial charge in [-0.2, -0.15) is 0 Å². The first-order chi connectivity index (χ1) is 9.77. The minimum Gasteiger partial charge on any atom is -0.478 e. The molecule has 0 aliphatic rings. The number of hydrogen-bond donors (Lipinski definition) is 1. The molecule has 21 heavy (non-hydrogen) atoms. The van der Waals surface area contributed by atoms with Crippen LogP contribution in [-0.4, -0.2) is 11.1 Å². The molecule has 0 aliphatic heterocycles. The van der Waals surface area contributed by atoms with Crippen molar-refractivity contribution in [2.24, 2.45) is 0 Å². The summed E-state index contributed by atoms with van der Waals surface area (Å²) in [6.07, 6.45) is 21.6. The second kappa shape index (κ2) is 19.7. The summed E-state index contributed by atoms with van der Waals surface area (Å²) in [7, 11) is 0. The van der Waals surface area contributed by atoms with Gasteiger partial charge < -0.3 is 5.11 Å². The van der Waals surface area contributed by atoms with Crippen molar-refractivity contribution in [1.29, 1.82) is 0 Å². The number of carbonyl (C=O) groups is 1. The molecular weight excluding hydrogens is 312 g/mol. The minimum absolute atomic E-state index is 0. The number of aliphatic carboxylic acids is 1. The van der Waals surface area contributed by atoms with E-state index in [9.17, 15) is 4.79 Å². The minimum atomic E-state index is -0.834. The van der Waals surface area contributed by atoms with Crippen LogP contribution in [-0.2, 0) is 21.9 Å². The zero-order chi connectivity index (χ0) is 14.9.